The number of nitrogens with one attached hydrogen (secondary N) is 2. The average molecular weight is 458 g/mol. The van der Waals surface area contributed by atoms with Crippen molar-refractivity contribution in [3.63, 3.8) is 0 Å². The molecule has 3 heterocycles. The topological polar surface area (TPSA) is 69.2 Å². The van der Waals surface area contributed by atoms with Gasteiger partial charge in [-0.3, -0.25) is 0 Å². The smallest absolute Gasteiger partial charge is 0.321 e. The Balaban J connectivity index is 1.40. The van der Waals surface area contributed by atoms with Crippen LogP contribution >= 0.6 is 0 Å². The highest BCUT2D eigenvalue weighted by molar-refractivity contribution is 5.96. The summed E-state index contributed by atoms with van der Waals surface area (Å²) < 4.78 is 34.0. The Morgan fingerprint density at radius 1 is 1.33 bits per heavy atom. The molecule has 2 amide bonds. The van der Waals surface area contributed by atoms with Crippen molar-refractivity contribution >= 4 is 11.9 Å². The second-order valence-electron chi connectivity index (χ2n) is 9.04. The zero-order chi connectivity index (χ0) is 23.2. The lowest BCUT2D eigenvalue weighted by molar-refractivity contribution is 0.110. The summed E-state index contributed by atoms with van der Waals surface area (Å²) >= 11 is 0. The SMILES string of the molecule is CC/C(NC(=O)N1CC[C@H](OC)C1)=C1/N=C(N2CC[C@H]3C[C@]32c2cc(F)ccc2F)C=CN1. The molecule has 0 radical (unpaired) electrons. The van der Waals surface area contributed by atoms with Crippen LogP contribution in [0.25, 0.3) is 0 Å². The number of amidine groups is 1. The number of hydrogen-bond acceptors (Lipinski definition) is 5. The van der Waals surface area contributed by atoms with E-state index in [1.54, 1.807) is 18.2 Å². The summed E-state index contributed by atoms with van der Waals surface area (Å²) in [5.41, 5.74) is 0.522. The number of halogens is 2. The standard InChI is InChI=1S/C24H29F2N5O2/c1-3-20(28-23(32)30-10-8-17(14-30)33-2)22-27-9-6-21(29-22)31-11-7-15-13-24(15,31)18-12-16(25)4-5-19(18)26/h4-6,9,12,15,17,27H,3,7-8,10-11,13-14H2,1-2H3,(H,28,32)/b22-20-/t15-,17-,24+/m0/s1. The van der Waals surface area contributed by atoms with Crippen LogP contribution in [-0.2, 0) is 10.3 Å². The summed E-state index contributed by atoms with van der Waals surface area (Å²) in [6.45, 7) is 3.88. The molecule has 4 aliphatic rings. The maximum atomic E-state index is 14.7. The van der Waals surface area contributed by atoms with Gasteiger partial charge in [-0.15, -0.1) is 0 Å². The molecule has 176 valence electrons. The fraction of sp³-hybridized carbons (Fsp3) is 0.500. The van der Waals surface area contributed by atoms with Crippen molar-refractivity contribution in [3.05, 3.63) is 59.2 Å². The molecule has 1 aliphatic carbocycles. The first-order chi connectivity index (χ1) is 16.0. The lowest BCUT2D eigenvalue weighted by Gasteiger charge is -2.32. The number of methoxy groups -OCH3 is 1. The normalized spacial score (nSPS) is 29.5. The average Bonchev–Trinajstić information content (AvgIpc) is 3.18. The van der Waals surface area contributed by atoms with Gasteiger partial charge in [-0.05, 0) is 55.9 Å². The molecule has 0 aromatic heterocycles. The zero-order valence-electron chi connectivity index (χ0n) is 18.9. The van der Waals surface area contributed by atoms with E-state index in [1.807, 2.05) is 13.0 Å². The predicted octanol–water partition coefficient (Wildman–Crippen LogP) is 3.41. The fourth-order valence-corrected chi connectivity index (χ4v) is 5.41. The number of hydrogen-bond donors (Lipinski definition) is 2. The molecule has 0 bridgehead atoms. The summed E-state index contributed by atoms with van der Waals surface area (Å²) in [6, 6.07) is 3.50. The van der Waals surface area contributed by atoms with E-state index < -0.39 is 11.4 Å². The van der Waals surface area contributed by atoms with Gasteiger partial charge in [-0.25, -0.2) is 18.6 Å². The molecule has 2 N–H and O–H groups in total. The third-order valence-electron chi connectivity index (χ3n) is 7.27. The molecule has 9 heteroatoms. The molecule has 1 aromatic carbocycles. The Morgan fingerprint density at radius 3 is 2.91 bits per heavy atom. The molecule has 1 aromatic rings. The summed E-state index contributed by atoms with van der Waals surface area (Å²) in [5, 5.41) is 6.13. The Labute approximate surface area is 192 Å². The summed E-state index contributed by atoms with van der Waals surface area (Å²) in [6.07, 6.45) is 6.77. The van der Waals surface area contributed by atoms with Gasteiger partial charge in [0.05, 0.1) is 17.3 Å². The van der Waals surface area contributed by atoms with Crippen molar-refractivity contribution in [1.82, 2.24) is 20.4 Å². The third kappa shape index (κ3) is 3.78. The minimum absolute atomic E-state index is 0.0647. The number of urea groups is 1. The number of fused-ring (bicyclic) bond motifs is 1. The maximum absolute atomic E-state index is 14.7. The zero-order valence-corrected chi connectivity index (χ0v) is 18.9. The van der Waals surface area contributed by atoms with Crippen LogP contribution in [0.3, 0.4) is 0 Å². The van der Waals surface area contributed by atoms with Crippen LogP contribution < -0.4 is 10.6 Å². The molecule has 3 atom stereocenters. The molecule has 5 rings (SSSR count). The van der Waals surface area contributed by atoms with Crippen LogP contribution in [-0.4, -0.2) is 54.5 Å². The maximum Gasteiger partial charge on any atom is 0.321 e. The van der Waals surface area contributed by atoms with Crippen molar-refractivity contribution < 1.29 is 18.3 Å². The van der Waals surface area contributed by atoms with Gasteiger partial charge in [0.2, 0.25) is 0 Å². The molecular formula is C24H29F2N5O2. The van der Waals surface area contributed by atoms with E-state index in [4.69, 9.17) is 9.73 Å². The van der Waals surface area contributed by atoms with E-state index >= 15 is 0 Å². The lowest BCUT2D eigenvalue weighted by Crippen LogP contribution is -2.41. The number of likely N-dealkylation sites (tertiary alicyclic amines) is 2. The van der Waals surface area contributed by atoms with Crippen molar-refractivity contribution in [3.8, 4) is 0 Å². The van der Waals surface area contributed by atoms with Gasteiger partial charge in [-0.2, -0.15) is 0 Å². The van der Waals surface area contributed by atoms with E-state index in [0.29, 0.717) is 42.4 Å². The summed E-state index contributed by atoms with van der Waals surface area (Å²) in [4.78, 5) is 21.4. The minimum Gasteiger partial charge on any atom is -0.380 e. The molecule has 0 spiro atoms. The van der Waals surface area contributed by atoms with Crippen molar-refractivity contribution in [2.75, 3.05) is 26.7 Å². The predicted molar refractivity (Wildman–Crippen MR) is 120 cm³/mol. The van der Waals surface area contributed by atoms with E-state index in [9.17, 15) is 13.6 Å². The van der Waals surface area contributed by atoms with Crippen LogP contribution in [0.2, 0.25) is 0 Å². The molecule has 3 aliphatic heterocycles. The minimum atomic E-state index is -0.557. The third-order valence-corrected chi connectivity index (χ3v) is 7.27. The molecule has 2 saturated heterocycles. The van der Waals surface area contributed by atoms with E-state index in [2.05, 4.69) is 15.5 Å². The number of aliphatic imine (C=N–C) groups is 1. The second kappa shape index (κ2) is 8.44. The molecule has 33 heavy (non-hydrogen) atoms. The number of piperidine rings is 1. The van der Waals surface area contributed by atoms with Gasteiger partial charge >= 0.3 is 6.03 Å². The number of ether oxygens (including phenoxy) is 1. The summed E-state index contributed by atoms with van der Waals surface area (Å²) in [7, 11) is 1.66. The van der Waals surface area contributed by atoms with Gasteiger partial charge in [0.15, 0.2) is 5.82 Å². The van der Waals surface area contributed by atoms with Crippen LogP contribution in [0.5, 0.6) is 0 Å². The van der Waals surface area contributed by atoms with Gasteiger partial charge in [-0.1, -0.05) is 6.92 Å². The van der Waals surface area contributed by atoms with Gasteiger partial charge < -0.3 is 25.2 Å². The first-order valence-electron chi connectivity index (χ1n) is 11.5. The number of rotatable bonds is 4. The highest BCUT2D eigenvalue weighted by atomic mass is 19.1. The van der Waals surface area contributed by atoms with Crippen LogP contribution in [0, 0.1) is 17.6 Å². The Kier molecular flexibility index (Phi) is 5.60. The highest BCUT2D eigenvalue weighted by Gasteiger charge is 2.64. The first-order valence-corrected chi connectivity index (χ1v) is 11.5. The number of amides is 2. The first kappa shape index (κ1) is 21.9. The number of benzene rings is 1. The number of carbonyl (C=O) groups is 1. The van der Waals surface area contributed by atoms with E-state index in [0.717, 1.165) is 31.9 Å². The molecule has 3 fully saturated rings. The van der Waals surface area contributed by atoms with Crippen molar-refractivity contribution in [2.45, 2.75) is 44.2 Å². The Morgan fingerprint density at radius 2 is 2.18 bits per heavy atom. The fourth-order valence-electron chi connectivity index (χ4n) is 5.41. The summed E-state index contributed by atoms with van der Waals surface area (Å²) in [5.74, 6) is 0.705. The number of allylic oxidation sites excluding steroid dienone is 1. The van der Waals surface area contributed by atoms with Crippen LogP contribution in [0.15, 0.2) is 47.0 Å². The molecule has 7 nitrogen and oxygen atoms in total. The van der Waals surface area contributed by atoms with E-state index in [1.165, 1.54) is 12.1 Å². The Bertz CT molecular complexity index is 1060. The highest BCUT2D eigenvalue weighted by Crippen LogP contribution is 2.63. The molecule has 1 saturated carbocycles. The quantitative estimate of drug-likeness (QED) is 0.727. The lowest BCUT2D eigenvalue weighted by atomic mass is 10.0. The molecule has 0 unspecified atom stereocenters. The van der Waals surface area contributed by atoms with Crippen LogP contribution in [0.1, 0.15) is 38.2 Å². The largest absolute Gasteiger partial charge is 0.380 e. The van der Waals surface area contributed by atoms with Crippen molar-refractivity contribution in [1.29, 1.82) is 0 Å². The monoisotopic (exact) mass is 457 g/mol. The second-order valence-corrected chi connectivity index (χ2v) is 9.04. The van der Waals surface area contributed by atoms with Gasteiger partial charge in [0.25, 0.3) is 0 Å². The van der Waals surface area contributed by atoms with Crippen LogP contribution in [0.4, 0.5) is 13.6 Å². The Hall–Kier alpha value is -2.94. The van der Waals surface area contributed by atoms with Gasteiger partial charge in [0, 0.05) is 38.5 Å². The number of nitrogens with zero attached hydrogens (tertiary/aromatic N) is 3. The van der Waals surface area contributed by atoms with Crippen molar-refractivity contribution in [2.24, 2.45) is 10.9 Å². The van der Waals surface area contributed by atoms with E-state index in [-0.39, 0.29) is 23.9 Å². The number of carbonyl (C=O) groups excluding carboxylic acids is 1. The molecular weight excluding hydrogens is 428 g/mol. The van der Waals surface area contributed by atoms with Gasteiger partial charge in [0.1, 0.15) is 17.5 Å².